The molecule has 0 amide bonds. The Bertz CT molecular complexity index is 237. The summed E-state index contributed by atoms with van der Waals surface area (Å²) in [4.78, 5) is 0. The van der Waals surface area contributed by atoms with Crippen LogP contribution < -0.4 is 0 Å². The summed E-state index contributed by atoms with van der Waals surface area (Å²) in [5, 5.41) is 0. The molecule has 1 spiro atoms. The fourth-order valence-electron chi connectivity index (χ4n) is 5.66. The first kappa shape index (κ1) is 6.45. The van der Waals surface area contributed by atoms with Gasteiger partial charge in [-0.1, -0.05) is 13.3 Å². The van der Waals surface area contributed by atoms with Crippen molar-refractivity contribution in [2.24, 2.45) is 28.6 Å². The smallest absolute Gasteiger partial charge is 0.0206 e. The zero-order chi connectivity index (χ0) is 7.97. The van der Waals surface area contributed by atoms with E-state index in [0.29, 0.717) is 0 Å². The molecular weight excluding hydrogens is 144 g/mol. The average molecular weight is 162 g/mol. The molecule has 0 aromatic rings. The number of hydrogen-bond donors (Lipinski definition) is 0. The van der Waals surface area contributed by atoms with Crippen LogP contribution in [0.5, 0.6) is 0 Å². The zero-order valence-electron chi connectivity index (χ0n) is 7.97. The standard InChI is InChI=1S/C12H18/c1-2-11-5-9-3-8-4-10(6-11)12(8,9)7-11/h8-10H,2-7H2,1H3. The summed E-state index contributed by atoms with van der Waals surface area (Å²) in [5.74, 6) is 3.62. The van der Waals surface area contributed by atoms with Crippen LogP contribution in [0, 0.1) is 28.6 Å². The van der Waals surface area contributed by atoms with Crippen molar-refractivity contribution >= 4 is 0 Å². The van der Waals surface area contributed by atoms with Crippen LogP contribution in [0.15, 0.2) is 0 Å². The second kappa shape index (κ2) is 1.51. The van der Waals surface area contributed by atoms with E-state index in [4.69, 9.17) is 0 Å². The highest BCUT2D eigenvalue weighted by molar-refractivity contribution is 5.25. The summed E-state index contributed by atoms with van der Waals surface area (Å²) < 4.78 is 0. The molecule has 0 heterocycles. The van der Waals surface area contributed by atoms with Gasteiger partial charge in [-0.2, -0.15) is 0 Å². The maximum Gasteiger partial charge on any atom is -0.0206 e. The molecule has 0 aromatic carbocycles. The molecule has 0 nitrogen and oxygen atoms in total. The van der Waals surface area contributed by atoms with Gasteiger partial charge in [0.1, 0.15) is 0 Å². The Labute approximate surface area is 74.7 Å². The molecule has 0 heteroatoms. The van der Waals surface area contributed by atoms with Gasteiger partial charge in [-0.25, -0.2) is 0 Å². The Morgan fingerprint density at radius 3 is 2.17 bits per heavy atom. The summed E-state index contributed by atoms with van der Waals surface area (Å²) in [6, 6.07) is 0. The first-order valence-corrected chi connectivity index (χ1v) is 5.79. The molecule has 4 fully saturated rings. The summed E-state index contributed by atoms with van der Waals surface area (Å²) in [5.41, 5.74) is 1.83. The first-order valence-electron chi connectivity index (χ1n) is 5.79. The third kappa shape index (κ3) is 0.400. The molecule has 2 unspecified atom stereocenters. The number of rotatable bonds is 1. The van der Waals surface area contributed by atoms with Gasteiger partial charge in [-0.15, -0.1) is 0 Å². The van der Waals surface area contributed by atoms with Crippen molar-refractivity contribution in [3.63, 3.8) is 0 Å². The van der Waals surface area contributed by atoms with Crippen LogP contribution in [-0.4, -0.2) is 0 Å². The zero-order valence-corrected chi connectivity index (χ0v) is 7.97. The highest BCUT2D eigenvalue weighted by atomic mass is 14.8. The molecule has 4 aliphatic rings. The second-order valence-corrected chi connectivity index (χ2v) is 6.11. The van der Waals surface area contributed by atoms with Crippen molar-refractivity contribution in [3.8, 4) is 0 Å². The molecule has 4 saturated carbocycles. The van der Waals surface area contributed by atoms with Gasteiger partial charge in [-0.3, -0.25) is 0 Å². The first-order chi connectivity index (χ1) is 5.79. The van der Waals surface area contributed by atoms with E-state index in [0.717, 1.165) is 10.8 Å². The van der Waals surface area contributed by atoms with E-state index in [1.807, 2.05) is 0 Å². The van der Waals surface area contributed by atoms with Crippen molar-refractivity contribution in [1.29, 1.82) is 0 Å². The molecular formula is C12H18. The van der Waals surface area contributed by atoms with E-state index in [-0.39, 0.29) is 0 Å². The molecule has 12 heavy (non-hydrogen) atoms. The molecule has 0 aromatic heterocycles. The largest absolute Gasteiger partial charge is 0.0649 e. The van der Waals surface area contributed by atoms with Crippen molar-refractivity contribution in [1.82, 2.24) is 0 Å². The Morgan fingerprint density at radius 1 is 1.08 bits per heavy atom. The Morgan fingerprint density at radius 2 is 1.75 bits per heavy atom. The van der Waals surface area contributed by atoms with Gasteiger partial charge in [0.25, 0.3) is 0 Å². The fourth-order valence-corrected chi connectivity index (χ4v) is 5.66. The lowest BCUT2D eigenvalue weighted by atomic mass is 9.38. The molecule has 4 rings (SSSR count). The van der Waals surface area contributed by atoms with Gasteiger partial charge in [0.05, 0.1) is 0 Å². The lowest BCUT2D eigenvalue weighted by Crippen LogP contribution is -2.59. The lowest BCUT2D eigenvalue weighted by Gasteiger charge is -2.66. The topological polar surface area (TPSA) is 0 Å². The van der Waals surface area contributed by atoms with Crippen LogP contribution in [0.4, 0.5) is 0 Å². The van der Waals surface area contributed by atoms with Gasteiger partial charge in [0.15, 0.2) is 0 Å². The summed E-state index contributed by atoms with van der Waals surface area (Å²) in [6.45, 7) is 2.43. The highest BCUT2D eigenvalue weighted by Gasteiger charge is 2.76. The maximum atomic E-state index is 2.43. The van der Waals surface area contributed by atoms with Crippen LogP contribution in [0.1, 0.15) is 45.4 Å². The summed E-state index contributed by atoms with van der Waals surface area (Å²) >= 11 is 0. The number of fused-ring (bicyclic) bond motifs is 1. The minimum absolute atomic E-state index is 0.862. The molecule has 2 atom stereocenters. The third-order valence-corrected chi connectivity index (χ3v) is 6.21. The molecule has 0 aliphatic heterocycles. The molecule has 0 N–H and O–H groups in total. The number of hydrogen-bond acceptors (Lipinski definition) is 0. The van der Waals surface area contributed by atoms with Crippen molar-refractivity contribution in [3.05, 3.63) is 0 Å². The van der Waals surface area contributed by atoms with Gasteiger partial charge < -0.3 is 0 Å². The predicted molar refractivity (Wildman–Crippen MR) is 48.7 cm³/mol. The summed E-state index contributed by atoms with van der Waals surface area (Å²) in [7, 11) is 0. The summed E-state index contributed by atoms with van der Waals surface area (Å²) in [6.07, 6.45) is 9.62. The van der Waals surface area contributed by atoms with Crippen LogP contribution in [0.25, 0.3) is 0 Å². The molecule has 0 saturated heterocycles. The lowest BCUT2D eigenvalue weighted by molar-refractivity contribution is -0.177. The maximum absolute atomic E-state index is 2.43. The Balaban J connectivity index is 1.82. The molecule has 66 valence electrons. The van der Waals surface area contributed by atoms with Crippen molar-refractivity contribution < 1.29 is 0 Å². The average Bonchev–Trinajstić information content (AvgIpc) is 2.49. The Kier molecular flexibility index (Phi) is 0.811. The minimum atomic E-state index is 0.862. The molecule has 0 radical (unpaired) electrons. The van der Waals surface area contributed by atoms with E-state index in [1.54, 1.807) is 32.1 Å². The van der Waals surface area contributed by atoms with Crippen LogP contribution in [0.2, 0.25) is 0 Å². The normalized spacial score (nSPS) is 70.2. The third-order valence-electron chi connectivity index (χ3n) is 6.21. The van der Waals surface area contributed by atoms with Gasteiger partial charge in [-0.05, 0) is 60.7 Å². The second-order valence-electron chi connectivity index (χ2n) is 6.11. The quantitative estimate of drug-likeness (QED) is 0.555. The molecule has 2 bridgehead atoms. The Hall–Kier alpha value is 0. The van der Waals surface area contributed by atoms with Gasteiger partial charge in [0, 0.05) is 0 Å². The minimum Gasteiger partial charge on any atom is -0.0649 e. The van der Waals surface area contributed by atoms with Crippen molar-refractivity contribution in [2.75, 3.05) is 0 Å². The highest BCUT2D eigenvalue weighted by Crippen LogP contribution is 2.84. The van der Waals surface area contributed by atoms with E-state index in [9.17, 15) is 0 Å². The van der Waals surface area contributed by atoms with Crippen LogP contribution in [-0.2, 0) is 0 Å². The predicted octanol–water partition coefficient (Wildman–Crippen LogP) is 3.22. The van der Waals surface area contributed by atoms with Crippen LogP contribution in [0.3, 0.4) is 0 Å². The van der Waals surface area contributed by atoms with E-state index in [1.165, 1.54) is 24.2 Å². The SMILES string of the molecule is CCC12CC3CC4CC(C1)C43C2. The van der Waals surface area contributed by atoms with Gasteiger partial charge >= 0.3 is 0 Å². The van der Waals surface area contributed by atoms with E-state index >= 15 is 0 Å². The molecule has 4 aliphatic carbocycles. The monoisotopic (exact) mass is 162 g/mol. The van der Waals surface area contributed by atoms with Gasteiger partial charge in [0.2, 0.25) is 0 Å². The van der Waals surface area contributed by atoms with Crippen LogP contribution >= 0.6 is 0 Å². The van der Waals surface area contributed by atoms with Crippen molar-refractivity contribution in [2.45, 2.75) is 45.4 Å². The van der Waals surface area contributed by atoms with E-state index in [2.05, 4.69) is 6.92 Å². The van der Waals surface area contributed by atoms with E-state index < -0.39 is 0 Å². The fraction of sp³-hybridized carbons (Fsp3) is 1.00.